The standard InChI is InChI=1S/C12H26N2O/c1-11(2)15-10-9-14(3)12-5-4-7-13-8-6-12/h11-13H,4-10H2,1-3H3. The second-order valence-corrected chi connectivity index (χ2v) is 4.73. The van der Waals surface area contributed by atoms with Crippen molar-refractivity contribution in [2.45, 2.75) is 45.3 Å². The molecule has 0 saturated carbocycles. The molecule has 0 aromatic heterocycles. The highest BCUT2D eigenvalue weighted by atomic mass is 16.5. The fourth-order valence-corrected chi connectivity index (χ4v) is 2.06. The minimum atomic E-state index is 0.356. The first-order chi connectivity index (χ1) is 7.20. The molecule has 1 heterocycles. The fraction of sp³-hybridized carbons (Fsp3) is 1.00. The summed E-state index contributed by atoms with van der Waals surface area (Å²) in [6.07, 6.45) is 4.26. The second kappa shape index (κ2) is 7.20. The average Bonchev–Trinajstić information content (AvgIpc) is 2.44. The Hall–Kier alpha value is -0.120. The molecule has 1 atom stereocenters. The Bertz CT molecular complexity index is 154. The molecule has 1 fully saturated rings. The van der Waals surface area contributed by atoms with E-state index in [1.165, 1.54) is 32.4 Å². The Morgan fingerprint density at radius 2 is 2.13 bits per heavy atom. The van der Waals surface area contributed by atoms with E-state index in [0.29, 0.717) is 6.10 Å². The van der Waals surface area contributed by atoms with Gasteiger partial charge in [0, 0.05) is 12.6 Å². The normalized spacial score (nSPS) is 23.4. The van der Waals surface area contributed by atoms with Gasteiger partial charge in [0.25, 0.3) is 0 Å². The van der Waals surface area contributed by atoms with Crippen molar-refractivity contribution in [3.63, 3.8) is 0 Å². The molecule has 0 aromatic rings. The minimum absolute atomic E-state index is 0.356. The summed E-state index contributed by atoms with van der Waals surface area (Å²) in [5.74, 6) is 0. The van der Waals surface area contributed by atoms with E-state index in [-0.39, 0.29) is 0 Å². The fourth-order valence-electron chi connectivity index (χ4n) is 2.06. The largest absolute Gasteiger partial charge is 0.377 e. The van der Waals surface area contributed by atoms with Crippen molar-refractivity contribution in [3.05, 3.63) is 0 Å². The summed E-state index contributed by atoms with van der Waals surface area (Å²) in [6.45, 7) is 8.46. The van der Waals surface area contributed by atoms with Gasteiger partial charge in [-0.05, 0) is 53.2 Å². The smallest absolute Gasteiger partial charge is 0.0596 e. The van der Waals surface area contributed by atoms with Crippen molar-refractivity contribution < 1.29 is 4.74 Å². The SMILES string of the molecule is CC(C)OCCN(C)C1CCCNCC1. The highest BCUT2D eigenvalue weighted by Crippen LogP contribution is 2.11. The maximum absolute atomic E-state index is 5.58. The molecule has 0 spiro atoms. The zero-order valence-corrected chi connectivity index (χ0v) is 10.5. The van der Waals surface area contributed by atoms with Crippen LogP contribution in [-0.4, -0.2) is 50.3 Å². The third-order valence-corrected chi connectivity index (χ3v) is 3.06. The Morgan fingerprint density at radius 1 is 1.33 bits per heavy atom. The quantitative estimate of drug-likeness (QED) is 0.750. The maximum Gasteiger partial charge on any atom is 0.0596 e. The van der Waals surface area contributed by atoms with Gasteiger partial charge in [0.05, 0.1) is 12.7 Å². The second-order valence-electron chi connectivity index (χ2n) is 4.73. The molecule has 90 valence electrons. The van der Waals surface area contributed by atoms with Gasteiger partial charge in [-0.25, -0.2) is 0 Å². The molecule has 0 amide bonds. The molecule has 0 bridgehead atoms. The van der Waals surface area contributed by atoms with Crippen LogP contribution in [0.15, 0.2) is 0 Å². The number of rotatable bonds is 5. The summed E-state index contributed by atoms with van der Waals surface area (Å²) in [5, 5.41) is 3.45. The third kappa shape index (κ3) is 5.50. The molecular weight excluding hydrogens is 188 g/mol. The molecule has 1 aliphatic heterocycles. The van der Waals surface area contributed by atoms with Crippen molar-refractivity contribution in [3.8, 4) is 0 Å². The Morgan fingerprint density at radius 3 is 2.87 bits per heavy atom. The van der Waals surface area contributed by atoms with Gasteiger partial charge in [0.15, 0.2) is 0 Å². The monoisotopic (exact) mass is 214 g/mol. The lowest BCUT2D eigenvalue weighted by atomic mass is 10.1. The first kappa shape index (κ1) is 12.9. The lowest BCUT2D eigenvalue weighted by Gasteiger charge is -2.26. The average molecular weight is 214 g/mol. The van der Waals surface area contributed by atoms with Gasteiger partial charge >= 0.3 is 0 Å². The van der Waals surface area contributed by atoms with E-state index in [1.54, 1.807) is 0 Å². The van der Waals surface area contributed by atoms with Gasteiger partial charge in [0.1, 0.15) is 0 Å². The first-order valence-electron chi connectivity index (χ1n) is 6.22. The molecule has 15 heavy (non-hydrogen) atoms. The summed E-state index contributed by atoms with van der Waals surface area (Å²) in [5.41, 5.74) is 0. The zero-order valence-electron chi connectivity index (χ0n) is 10.5. The summed E-state index contributed by atoms with van der Waals surface area (Å²) < 4.78 is 5.58. The zero-order chi connectivity index (χ0) is 11.1. The molecular formula is C12H26N2O. The number of nitrogens with one attached hydrogen (secondary N) is 1. The highest BCUT2D eigenvalue weighted by Gasteiger charge is 2.16. The lowest BCUT2D eigenvalue weighted by Crippen LogP contribution is -2.35. The molecule has 3 heteroatoms. The van der Waals surface area contributed by atoms with E-state index in [4.69, 9.17) is 4.74 Å². The highest BCUT2D eigenvalue weighted by molar-refractivity contribution is 4.73. The van der Waals surface area contributed by atoms with Gasteiger partial charge in [-0.3, -0.25) is 0 Å². The van der Waals surface area contributed by atoms with Gasteiger partial charge in [-0.2, -0.15) is 0 Å². The van der Waals surface area contributed by atoms with Crippen molar-refractivity contribution in [1.82, 2.24) is 10.2 Å². The van der Waals surface area contributed by atoms with Gasteiger partial charge in [-0.15, -0.1) is 0 Å². The van der Waals surface area contributed by atoms with Gasteiger partial charge in [-0.1, -0.05) is 0 Å². The third-order valence-electron chi connectivity index (χ3n) is 3.06. The van der Waals surface area contributed by atoms with E-state index in [0.717, 1.165) is 19.2 Å². The number of ether oxygens (including phenoxy) is 1. The van der Waals surface area contributed by atoms with Crippen LogP contribution in [0.4, 0.5) is 0 Å². The molecule has 1 aliphatic rings. The first-order valence-corrected chi connectivity index (χ1v) is 6.22. The van der Waals surface area contributed by atoms with Crippen LogP contribution < -0.4 is 5.32 Å². The number of nitrogens with zero attached hydrogens (tertiary/aromatic N) is 1. The van der Waals surface area contributed by atoms with E-state index in [2.05, 4.69) is 31.1 Å². The summed E-state index contributed by atoms with van der Waals surface area (Å²) in [6, 6.07) is 0.746. The number of hydrogen-bond acceptors (Lipinski definition) is 3. The number of hydrogen-bond donors (Lipinski definition) is 1. The van der Waals surface area contributed by atoms with Gasteiger partial charge in [0.2, 0.25) is 0 Å². The van der Waals surface area contributed by atoms with Crippen molar-refractivity contribution in [2.75, 3.05) is 33.3 Å². The molecule has 0 radical (unpaired) electrons. The summed E-state index contributed by atoms with van der Waals surface area (Å²) in [7, 11) is 2.22. The van der Waals surface area contributed by atoms with Crippen LogP contribution >= 0.6 is 0 Å². The van der Waals surface area contributed by atoms with Crippen molar-refractivity contribution in [2.24, 2.45) is 0 Å². The molecule has 0 aliphatic carbocycles. The molecule has 1 N–H and O–H groups in total. The molecule has 1 rings (SSSR count). The topological polar surface area (TPSA) is 24.5 Å². The van der Waals surface area contributed by atoms with Crippen LogP contribution in [-0.2, 0) is 4.74 Å². The van der Waals surface area contributed by atoms with Crippen molar-refractivity contribution in [1.29, 1.82) is 0 Å². The van der Waals surface area contributed by atoms with E-state index >= 15 is 0 Å². The van der Waals surface area contributed by atoms with Crippen LogP contribution in [0.5, 0.6) is 0 Å². The van der Waals surface area contributed by atoms with Crippen LogP contribution in [0.25, 0.3) is 0 Å². The predicted octanol–water partition coefficient (Wildman–Crippen LogP) is 1.49. The Balaban J connectivity index is 2.16. The molecule has 1 saturated heterocycles. The van der Waals surface area contributed by atoms with E-state index in [9.17, 15) is 0 Å². The minimum Gasteiger partial charge on any atom is -0.377 e. The van der Waals surface area contributed by atoms with E-state index in [1.807, 2.05) is 0 Å². The lowest BCUT2D eigenvalue weighted by molar-refractivity contribution is 0.0545. The van der Waals surface area contributed by atoms with Crippen molar-refractivity contribution >= 4 is 0 Å². The molecule has 1 unspecified atom stereocenters. The predicted molar refractivity (Wildman–Crippen MR) is 64.2 cm³/mol. The van der Waals surface area contributed by atoms with Crippen LogP contribution in [0.2, 0.25) is 0 Å². The Labute approximate surface area is 94.2 Å². The van der Waals surface area contributed by atoms with E-state index < -0.39 is 0 Å². The maximum atomic E-state index is 5.58. The van der Waals surface area contributed by atoms with Crippen LogP contribution in [0.3, 0.4) is 0 Å². The molecule has 3 nitrogen and oxygen atoms in total. The summed E-state index contributed by atoms with van der Waals surface area (Å²) in [4.78, 5) is 2.45. The van der Waals surface area contributed by atoms with Crippen LogP contribution in [0.1, 0.15) is 33.1 Å². The molecule has 0 aromatic carbocycles. The van der Waals surface area contributed by atoms with Crippen LogP contribution in [0, 0.1) is 0 Å². The summed E-state index contributed by atoms with van der Waals surface area (Å²) >= 11 is 0. The van der Waals surface area contributed by atoms with Gasteiger partial charge < -0.3 is 15.0 Å². The Kier molecular flexibility index (Phi) is 6.22. The number of likely N-dealkylation sites (N-methyl/N-ethyl adjacent to an activating group) is 1.